The number of amides is 1. The average Bonchev–Trinajstić information content (AvgIpc) is 2.54. The van der Waals surface area contributed by atoms with E-state index in [1.54, 1.807) is 18.2 Å². The Bertz CT molecular complexity index is 714. The summed E-state index contributed by atoms with van der Waals surface area (Å²) in [5, 5.41) is 2.81. The topological polar surface area (TPSA) is 32.3 Å². The molecule has 1 N–H and O–H groups in total. The SMILES string of the molecule is Cc1ccc2c(c1)CCCN2CC(=O)NCc1ccccc1F. The van der Waals surface area contributed by atoms with Crippen LogP contribution < -0.4 is 10.2 Å². The number of aryl methyl sites for hydroxylation is 2. The fourth-order valence-corrected chi connectivity index (χ4v) is 3.03. The number of benzene rings is 2. The molecule has 0 spiro atoms. The van der Waals surface area contributed by atoms with E-state index >= 15 is 0 Å². The molecule has 0 saturated heterocycles. The fraction of sp³-hybridized carbons (Fsp3) is 0.316. The highest BCUT2D eigenvalue weighted by molar-refractivity contribution is 5.82. The van der Waals surface area contributed by atoms with Gasteiger partial charge in [-0.3, -0.25) is 4.79 Å². The molecular weight excluding hydrogens is 291 g/mol. The van der Waals surface area contributed by atoms with Gasteiger partial charge in [-0.15, -0.1) is 0 Å². The van der Waals surface area contributed by atoms with Crippen molar-refractivity contribution < 1.29 is 9.18 Å². The first-order valence-electron chi connectivity index (χ1n) is 7.98. The third kappa shape index (κ3) is 3.70. The molecule has 3 rings (SSSR count). The lowest BCUT2D eigenvalue weighted by Gasteiger charge is -2.31. The van der Waals surface area contributed by atoms with Crippen LogP contribution in [0.4, 0.5) is 10.1 Å². The molecule has 1 amide bonds. The number of hydrogen-bond acceptors (Lipinski definition) is 2. The summed E-state index contributed by atoms with van der Waals surface area (Å²) in [6.45, 7) is 3.49. The number of anilines is 1. The molecule has 4 heteroatoms. The predicted octanol–water partition coefficient (Wildman–Crippen LogP) is 3.20. The summed E-state index contributed by atoms with van der Waals surface area (Å²) in [5.74, 6) is -0.367. The molecule has 0 aromatic heterocycles. The second-order valence-corrected chi connectivity index (χ2v) is 6.03. The highest BCUT2D eigenvalue weighted by Gasteiger charge is 2.19. The lowest BCUT2D eigenvalue weighted by molar-refractivity contribution is -0.119. The minimum absolute atomic E-state index is 0.0818. The Morgan fingerprint density at radius 3 is 2.91 bits per heavy atom. The van der Waals surface area contributed by atoms with Crippen molar-refractivity contribution >= 4 is 11.6 Å². The Balaban J connectivity index is 1.62. The molecule has 0 unspecified atom stereocenters. The lowest BCUT2D eigenvalue weighted by atomic mass is 9.99. The van der Waals surface area contributed by atoms with Crippen LogP contribution in [0, 0.1) is 12.7 Å². The van der Waals surface area contributed by atoms with Crippen LogP contribution >= 0.6 is 0 Å². The van der Waals surface area contributed by atoms with Gasteiger partial charge in [0.1, 0.15) is 5.82 Å². The fourth-order valence-electron chi connectivity index (χ4n) is 3.03. The van der Waals surface area contributed by atoms with E-state index in [0.717, 1.165) is 25.1 Å². The van der Waals surface area contributed by atoms with Crippen LogP contribution in [0.5, 0.6) is 0 Å². The molecule has 0 aliphatic carbocycles. The Kier molecular flexibility index (Phi) is 4.60. The van der Waals surface area contributed by atoms with E-state index in [1.807, 2.05) is 0 Å². The number of hydrogen-bond donors (Lipinski definition) is 1. The van der Waals surface area contributed by atoms with Gasteiger partial charge in [0.2, 0.25) is 5.91 Å². The summed E-state index contributed by atoms with van der Waals surface area (Å²) in [4.78, 5) is 14.3. The highest BCUT2D eigenvalue weighted by Crippen LogP contribution is 2.27. The van der Waals surface area contributed by atoms with Crippen molar-refractivity contribution in [2.45, 2.75) is 26.3 Å². The molecule has 1 aliphatic heterocycles. The van der Waals surface area contributed by atoms with E-state index in [4.69, 9.17) is 0 Å². The van der Waals surface area contributed by atoms with Crippen LogP contribution in [0.3, 0.4) is 0 Å². The van der Waals surface area contributed by atoms with Gasteiger partial charge < -0.3 is 10.2 Å². The molecule has 2 aromatic carbocycles. The second-order valence-electron chi connectivity index (χ2n) is 6.03. The number of halogens is 1. The van der Waals surface area contributed by atoms with Crippen LogP contribution in [-0.2, 0) is 17.8 Å². The number of carbonyl (C=O) groups excluding carboxylic acids is 1. The largest absolute Gasteiger partial charge is 0.362 e. The van der Waals surface area contributed by atoms with Gasteiger partial charge in [0.05, 0.1) is 6.54 Å². The molecule has 3 nitrogen and oxygen atoms in total. The summed E-state index contributed by atoms with van der Waals surface area (Å²) in [5.41, 5.74) is 4.20. The molecule has 0 atom stereocenters. The zero-order valence-corrected chi connectivity index (χ0v) is 13.3. The van der Waals surface area contributed by atoms with Crippen LogP contribution in [0.15, 0.2) is 42.5 Å². The number of rotatable bonds is 4. The Morgan fingerprint density at radius 2 is 2.09 bits per heavy atom. The van der Waals surface area contributed by atoms with Crippen molar-refractivity contribution in [2.24, 2.45) is 0 Å². The second kappa shape index (κ2) is 6.82. The van der Waals surface area contributed by atoms with E-state index < -0.39 is 0 Å². The number of nitrogens with zero attached hydrogens (tertiary/aromatic N) is 1. The van der Waals surface area contributed by atoms with Gasteiger partial charge in [0.25, 0.3) is 0 Å². The monoisotopic (exact) mass is 312 g/mol. The molecule has 120 valence electrons. The summed E-state index contributed by atoms with van der Waals surface area (Å²) in [6, 6.07) is 12.9. The number of nitrogens with one attached hydrogen (secondary N) is 1. The van der Waals surface area contributed by atoms with Crippen LogP contribution in [0.1, 0.15) is 23.1 Å². The van der Waals surface area contributed by atoms with Crippen LogP contribution in [0.25, 0.3) is 0 Å². The normalized spacial score (nSPS) is 13.6. The van der Waals surface area contributed by atoms with Gasteiger partial charge in [-0.2, -0.15) is 0 Å². The van der Waals surface area contributed by atoms with Crippen molar-refractivity contribution in [1.29, 1.82) is 0 Å². The molecule has 1 heterocycles. The molecule has 1 aliphatic rings. The van der Waals surface area contributed by atoms with Crippen molar-refractivity contribution in [3.63, 3.8) is 0 Å². The third-order valence-electron chi connectivity index (χ3n) is 4.22. The zero-order valence-electron chi connectivity index (χ0n) is 13.3. The van der Waals surface area contributed by atoms with Crippen molar-refractivity contribution in [1.82, 2.24) is 5.32 Å². The van der Waals surface area contributed by atoms with E-state index in [0.29, 0.717) is 12.1 Å². The van der Waals surface area contributed by atoms with E-state index in [2.05, 4.69) is 35.3 Å². The number of carbonyl (C=O) groups is 1. The maximum Gasteiger partial charge on any atom is 0.239 e. The van der Waals surface area contributed by atoms with E-state index in [1.165, 1.54) is 17.2 Å². The molecule has 23 heavy (non-hydrogen) atoms. The smallest absolute Gasteiger partial charge is 0.239 e. The van der Waals surface area contributed by atoms with Crippen LogP contribution in [0.2, 0.25) is 0 Å². The van der Waals surface area contributed by atoms with Gasteiger partial charge in [0.15, 0.2) is 0 Å². The summed E-state index contributed by atoms with van der Waals surface area (Å²) >= 11 is 0. The maximum atomic E-state index is 13.6. The maximum absolute atomic E-state index is 13.6. The van der Waals surface area contributed by atoms with Crippen molar-refractivity contribution in [3.05, 3.63) is 65.0 Å². The lowest BCUT2D eigenvalue weighted by Crippen LogP contribution is -2.39. The molecule has 0 saturated carbocycles. The van der Waals surface area contributed by atoms with Gasteiger partial charge in [-0.25, -0.2) is 4.39 Å². The van der Waals surface area contributed by atoms with Gasteiger partial charge >= 0.3 is 0 Å². The number of fused-ring (bicyclic) bond motifs is 1. The average molecular weight is 312 g/mol. The minimum atomic E-state index is -0.286. The third-order valence-corrected chi connectivity index (χ3v) is 4.22. The first-order valence-corrected chi connectivity index (χ1v) is 7.98. The van der Waals surface area contributed by atoms with Gasteiger partial charge in [-0.05, 0) is 37.5 Å². The van der Waals surface area contributed by atoms with Crippen molar-refractivity contribution in [2.75, 3.05) is 18.0 Å². The first kappa shape index (κ1) is 15.5. The quantitative estimate of drug-likeness (QED) is 0.940. The standard InChI is InChI=1S/C19H21FN2O/c1-14-8-9-18-15(11-14)6-4-10-22(18)13-19(23)21-12-16-5-2-3-7-17(16)20/h2-3,5,7-9,11H,4,6,10,12-13H2,1H3,(H,21,23). The first-order chi connectivity index (χ1) is 11.1. The van der Waals surface area contributed by atoms with Crippen LogP contribution in [-0.4, -0.2) is 19.0 Å². The molecular formula is C19H21FN2O. The van der Waals surface area contributed by atoms with E-state index in [-0.39, 0.29) is 18.3 Å². The van der Waals surface area contributed by atoms with Gasteiger partial charge in [0, 0.05) is 24.3 Å². The molecule has 0 fully saturated rings. The van der Waals surface area contributed by atoms with Crippen molar-refractivity contribution in [3.8, 4) is 0 Å². The molecule has 0 bridgehead atoms. The van der Waals surface area contributed by atoms with Gasteiger partial charge in [-0.1, -0.05) is 35.9 Å². The summed E-state index contributed by atoms with van der Waals surface area (Å²) < 4.78 is 13.6. The predicted molar refractivity (Wildman–Crippen MR) is 90.0 cm³/mol. The van der Waals surface area contributed by atoms with E-state index in [9.17, 15) is 9.18 Å². The Labute approximate surface area is 136 Å². The molecule has 2 aromatic rings. The summed E-state index contributed by atoms with van der Waals surface area (Å²) in [7, 11) is 0. The molecule has 0 radical (unpaired) electrons. The summed E-state index contributed by atoms with van der Waals surface area (Å²) in [6.07, 6.45) is 2.11. The zero-order chi connectivity index (χ0) is 16.2. The Morgan fingerprint density at radius 1 is 1.26 bits per heavy atom. The minimum Gasteiger partial charge on any atom is -0.362 e. The highest BCUT2D eigenvalue weighted by atomic mass is 19.1. The Hall–Kier alpha value is -2.36.